The summed E-state index contributed by atoms with van der Waals surface area (Å²) in [5, 5.41) is 10.9. The van der Waals surface area contributed by atoms with Crippen molar-refractivity contribution in [2.45, 2.75) is 6.18 Å². The van der Waals surface area contributed by atoms with Gasteiger partial charge in [-0.05, 0) is 29.7 Å². The van der Waals surface area contributed by atoms with Gasteiger partial charge in [0.1, 0.15) is 11.5 Å². The average molecular weight is 306 g/mol. The molecule has 0 amide bonds. The molecule has 0 spiro atoms. The van der Waals surface area contributed by atoms with Crippen LogP contribution >= 0.6 is 0 Å². The lowest BCUT2D eigenvalue weighted by atomic mass is 10.1. The second-order valence-electron chi connectivity index (χ2n) is 4.71. The van der Waals surface area contributed by atoms with Gasteiger partial charge in [0.2, 0.25) is 12.4 Å². The van der Waals surface area contributed by atoms with Crippen LogP contribution in [0.1, 0.15) is 5.56 Å². The quantitative estimate of drug-likeness (QED) is 0.569. The number of nitrogens with zero attached hydrogens (tertiary/aromatic N) is 1. The first-order valence-electron chi connectivity index (χ1n) is 6.42. The topological polar surface area (TPSA) is 33.3 Å². The third-order valence-electron chi connectivity index (χ3n) is 3.16. The molecule has 1 aromatic heterocycles. The van der Waals surface area contributed by atoms with Crippen molar-refractivity contribution < 1.29 is 27.8 Å². The van der Waals surface area contributed by atoms with Crippen LogP contribution in [0.2, 0.25) is 0 Å². The fourth-order valence-electron chi connectivity index (χ4n) is 2.13. The van der Waals surface area contributed by atoms with Gasteiger partial charge in [0.15, 0.2) is 0 Å². The van der Waals surface area contributed by atoms with Crippen molar-refractivity contribution in [1.29, 1.82) is 0 Å². The van der Waals surface area contributed by atoms with Gasteiger partial charge in [-0.25, -0.2) is 0 Å². The molecule has 0 aliphatic rings. The standard InChI is InChI=1S/C16H11F3NO2/c17-16(18,19)12-4-2-5-13(9-12)22-15-6-1-3-11-7-8-20(21)10-14(11)15/h1-10,21H/q+1. The van der Waals surface area contributed by atoms with Crippen molar-refractivity contribution in [3.63, 3.8) is 0 Å². The number of fused-ring (bicyclic) bond motifs is 1. The molecule has 0 aliphatic heterocycles. The van der Waals surface area contributed by atoms with Crippen LogP contribution in [0.25, 0.3) is 10.8 Å². The minimum Gasteiger partial charge on any atom is -0.456 e. The third-order valence-corrected chi connectivity index (χ3v) is 3.16. The lowest BCUT2D eigenvalue weighted by Crippen LogP contribution is -2.27. The average Bonchev–Trinajstić information content (AvgIpc) is 2.47. The fraction of sp³-hybridized carbons (Fsp3) is 0.0625. The molecule has 0 radical (unpaired) electrons. The van der Waals surface area contributed by atoms with E-state index in [2.05, 4.69) is 0 Å². The van der Waals surface area contributed by atoms with E-state index in [0.717, 1.165) is 22.2 Å². The zero-order valence-electron chi connectivity index (χ0n) is 11.2. The van der Waals surface area contributed by atoms with E-state index in [1.807, 2.05) is 6.07 Å². The summed E-state index contributed by atoms with van der Waals surface area (Å²) >= 11 is 0. The first-order valence-corrected chi connectivity index (χ1v) is 6.42. The van der Waals surface area contributed by atoms with Crippen LogP contribution in [0, 0.1) is 0 Å². The second kappa shape index (κ2) is 5.22. The first kappa shape index (κ1) is 14.2. The Morgan fingerprint density at radius 1 is 1.00 bits per heavy atom. The molecule has 112 valence electrons. The molecule has 3 rings (SSSR count). The van der Waals surface area contributed by atoms with Crippen LogP contribution in [0.3, 0.4) is 0 Å². The van der Waals surface area contributed by atoms with E-state index in [0.29, 0.717) is 11.1 Å². The number of hydrogen-bond donors (Lipinski definition) is 1. The molecule has 1 N–H and O–H groups in total. The molecular formula is C16H11F3NO2+. The highest BCUT2D eigenvalue weighted by molar-refractivity contribution is 5.86. The van der Waals surface area contributed by atoms with Crippen LogP contribution in [0.5, 0.6) is 11.5 Å². The van der Waals surface area contributed by atoms with E-state index in [9.17, 15) is 18.4 Å². The summed E-state index contributed by atoms with van der Waals surface area (Å²) in [4.78, 5) is 0. The van der Waals surface area contributed by atoms with Gasteiger partial charge in [0.05, 0.1) is 10.9 Å². The zero-order valence-corrected chi connectivity index (χ0v) is 11.2. The number of benzene rings is 2. The Morgan fingerprint density at radius 2 is 1.77 bits per heavy atom. The van der Waals surface area contributed by atoms with Gasteiger partial charge in [0.25, 0.3) is 0 Å². The van der Waals surface area contributed by atoms with Crippen molar-refractivity contribution in [1.82, 2.24) is 0 Å². The highest BCUT2D eigenvalue weighted by Gasteiger charge is 2.30. The van der Waals surface area contributed by atoms with Gasteiger partial charge < -0.3 is 4.74 Å². The summed E-state index contributed by atoms with van der Waals surface area (Å²) in [5.74, 6) is 0.441. The normalized spacial score (nSPS) is 11.6. The molecule has 3 aromatic rings. The predicted molar refractivity (Wildman–Crippen MR) is 72.8 cm³/mol. The Labute approximate surface area is 123 Å². The molecule has 0 saturated carbocycles. The number of alkyl halides is 3. The number of halogens is 3. The lowest BCUT2D eigenvalue weighted by Gasteiger charge is -2.10. The molecule has 0 fully saturated rings. The van der Waals surface area contributed by atoms with E-state index < -0.39 is 11.7 Å². The summed E-state index contributed by atoms with van der Waals surface area (Å²) in [6.07, 6.45) is -1.54. The second-order valence-corrected chi connectivity index (χ2v) is 4.71. The van der Waals surface area contributed by atoms with E-state index in [-0.39, 0.29) is 5.75 Å². The molecule has 3 nitrogen and oxygen atoms in total. The van der Waals surface area contributed by atoms with Crippen molar-refractivity contribution in [3.8, 4) is 11.5 Å². The summed E-state index contributed by atoms with van der Waals surface area (Å²) in [5.41, 5.74) is -0.776. The summed E-state index contributed by atoms with van der Waals surface area (Å²) in [6, 6.07) is 11.5. The van der Waals surface area contributed by atoms with E-state index in [1.54, 1.807) is 18.2 Å². The number of ether oxygens (including phenoxy) is 1. The SMILES string of the molecule is O[n+]1ccc2cccc(Oc3cccc(C(F)(F)F)c3)c2c1. The van der Waals surface area contributed by atoms with Crippen LogP contribution in [0.4, 0.5) is 13.2 Å². The molecular weight excluding hydrogens is 295 g/mol. The van der Waals surface area contributed by atoms with Gasteiger partial charge in [0, 0.05) is 10.8 Å². The highest BCUT2D eigenvalue weighted by Crippen LogP contribution is 2.34. The summed E-state index contributed by atoms with van der Waals surface area (Å²) in [7, 11) is 0. The number of hydrogen-bond acceptors (Lipinski definition) is 2. The molecule has 0 atom stereocenters. The third kappa shape index (κ3) is 2.81. The largest absolute Gasteiger partial charge is 0.456 e. The maximum atomic E-state index is 12.7. The molecule has 1 heterocycles. The Morgan fingerprint density at radius 3 is 2.55 bits per heavy atom. The Hall–Kier alpha value is -2.76. The smallest absolute Gasteiger partial charge is 0.416 e. The van der Waals surface area contributed by atoms with Gasteiger partial charge in [-0.1, -0.05) is 18.2 Å². The van der Waals surface area contributed by atoms with Gasteiger partial charge in [-0.15, -0.1) is 0 Å². The monoisotopic (exact) mass is 306 g/mol. The van der Waals surface area contributed by atoms with Gasteiger partial charge in [-0.3, -0.25) is 5.21 Å². The van der Waals surface area contributed by atoms with Crippen molar-refractivity contribution in [2.75, 3.05) is 0 Å². The molecule has 0 bridgehead atoms. The van der Waals surface area contributed by atoms with Crippen LogP contribution in [-0.2, 0) is 6.18 Å². The van der Waals surface area contributed by atoms with E-state index >= 15 is 0 Å². The van der Waals surface area contributed by atoms with Gasteiger partial charge in [-0.2, -0.15) is 13.2 Å². The van der Waals surface area contributed by atoms with Crippen molar-refractivity contribution in [2.24, 2.45) is 0 Å². The Bertz CT molecular complexity index is 831. The van der Waals surface area contributed by atoms with E-state index in [4.69, 9.17) is 4.74 Å². The Kier molecular flexibility index (Phi) is 3.36. The molecule has 22 heavy (non-hydrogen) atoms. The Balaban J connectivity index is 2.02. The maximum Gasteiger partial charge on any atom is 0.416 e. The fourth-order valence-corrected chi connectivity index (χ4v) is 2.13. The zero-order chi connectivity index (χ0) is 15.7. The van der Waals surface area contributed by atoms with Crippen molar-refractivity contribution >= 4 is 10.8 Å². The molecule has 2 aromatic carbocycles. The number of rotatable bonds is 2. The molecule has 6 heteroatoms. The molecule has 0 saturated heterocycles. The van der Waals surface area contributed by atoms with Crippen molar-refractivity contribution in [3.05, 3.63) is 66.5 Å². The van der Waals surface area contributed by atoms with Crippen LogP contribution < -0.4 is 9.47 Å². The number of pyridine rings is 1. The summed E-state index contributed by atoms with van der Waals surface area (Å²) < 4.78 is 44.6. The van der Waals surface area contributed by atoms with Gasteiger partial charge >= 0.3 is 6.18 Å². The lowest BCUT2D eigenvalue weighted by molar-refractivity contribution is -0.903. The minimum atomic E-state index is -4.42. The van der Waals surface area contributed by atoms with Crippen LogP contribution in [-0.4, -0.2) is 5.21 Å². The maximum absolute atomic E-state index is 12.7. The minimum absolute atomic E-state index is 0.0793. The predicted octanol–water partition coefficient (Wildman–Crippen LogP) is 4.18. The molecule has 0 unspecified atom stereocenters. The summed E-state index contributed by atoms with van der Waals surface area (Å²) in [6.45, 7) is 0. The highest BCUT2D eigenvalue weighted by atomic mass is 19.4. The molecule has 0 aliphatic carbocycles. The first-order chi connectivity index (χ1) is 10.4. The van der Waals surface area contributed by atoms with E-state index in [1.165, 1.54) is 24.5 Å². The number of aromatic nitrogens is 1. The van der Waals surface area contributed by atoms with Crippen LogP contribution in [0.15, 0.2) is 60.9 Å².